The fourth-order valence-corrected chi connectivity index (χ4v) is 3.57. The minimum atomic E-state index is 0.0680. The van der Waals surface area contributed by atoms with Crippen LogP contribution < -0.4 is 10.2 Å². The molecule has 0 atom stereocenters. The number of amides is 2. The second kappa shape index (κ2) is 7.07. The van der Waals surface area contributed by atoms with Crippen molar-refractivity contribution >= 4 is 23.2 Å². The van der Waals surface area contributed by atoms with Gasteiger partial charge in [0.05, 0.1) is 0 Å². The van der Waals surface area contributed by atoms with Crippen molar-refractivity contribution in [2.45, 2.75) is 33.1 Å². The molecule has 3 rings (SSSR count). The van der Waals surface area contributed by atoms with Crippen LogP contribution in [0.1, 0.15) is 32.3 Å². The van der Waals surface area contributed by atoms with Crippen molar-refractivity contribution in [3.05, 3.63) is 36.0 Å². The highest BCUT2D eigenvalue weighted by Gasteiger charge is 2.25. The number of rotatable bonds is 3. The van der Waals surface area contributed by atoms with Crippen molar-refractivity contribution in [3.63, 3.8) is 0 Å². The first-order valence-corrected chi connectivity index (χ1v) is 8.67. The third-order valence-electron chi connectivity index (χ3n) is 4.88. The molecule has 5 nitrogen and oxygen atoms in total. The van der Waals surface area contributed by atoms with E-state index in [0.29, 0.717) is 0 Å². The number of nitrogens with zero attached hydrogens (tertiary/aromatic N) is 2. The number of nitrogens with one attached hydrogen (secondary N) is 1. The van der Waals surface area contributed by atoms with Crippen molar-refractivity contribution < 1.29 is 9.59 Å². The monoisotopic (exact) mass is 327 g/mol. The average molecular weight is 327 g/mol. The van der Waals surface area contributed by atoms with E-state index in [1.54, 1.807) is 11.8 Å². The summed E-state index contributed by atoms with van der Waals surface area (Å²) < 4.78 is 0. The summed E-state index contributed by atoms with van der Waals surface area (Å²) in [5.74, 6) is 0.253. The Kier molecular flexibility index (Phi) is 4.88. The second-order valence-electron chi connectivity index (χ2n) is 6.55. The minimum absolute atomic E-state index is 0.0680. The molecule has 128 valence electrons. The molecule has 2 heterocycles. The number of carbonyl (C=O) groups excluding carboxylic acids is 2. The molecule has 1 aromatic carbocycles. The maximum Gasteiger partial charge on any atom is 0.227 e. The number of carbonyl (C=O) groups is 2. The molecule has 0 aliphatic carbocycles. The standard InChI is InChI=1S/C19H25N3O2/c1-3-9-21-10-6-15(7-11-21)19(24)20-17-4-5-18-16(13-17)8-12-22(18)14(2)23/h3-5,9,13,15H,6-8,10-12H2,1-2H3,(H,20,24)/b9-3+. The fraction of sp³-hybridized carbons (Fsp3) is 0.474. The molecule has 0 aromatic heterocycles. The van der Waals surface area contributed by atoms with E-state index in [2.05, 4.69) is 16.4 Å². The van der Waals surface area contributed by atoms with Crippen LogP contribution >= 0.6 is 0 Å². The van der Waals surface area contributed by atoms with Gasteiger partial charge in [-0.25, -0.2) is 0 Å². The molecule has 0 spiro atoms. The fourth-order valence-electron chi connectivity index (χ4n) is 3.57. The molecule has 1 saturated heterocycles. The number of anilines is 2. The summed E-state index contributed by atoms with van der Waals surface area (Å²) in [4.78, 5) is 28.1. The van der Waals surface area contributed by atoms with Crippen LogP contribution in [0.4, 0.5) is 11.4 Å². The van der Waals surface area contributed by atoms with Gasteiger partial charge in [0.25, 0.3) is 0 Å². The zero-order valence-electron chi connectivity index (χ0n) is 14.4. The molecule has 0 bridgehead atoms. The molecular weight excluding hydrogens is 302 g/mol. The van der Waals surface area contributed by atoms with Crippen LogP contribution in [-0.4, -0.2) is 36.3 Å². The van der Waals surface area contributed by atoms with Crippen LogP contribution in [-0.2, 0) is 16.0 Å². The van der Waals surface area contributed by atoms with Gasteiger partial charge in [-0.1, -0.05) is 6.08 Å². The van der Waals surface area contributed by atoms with Gasteiger partial charge in [0.15, 0.2) is 0 Å². The topological polar surface area (TPSA) is 52.7 Å². The molecule has 5 heteroatoms. The Bertz CT molecular complexity index is 661. The van der Waals surface area contributed by atoms with E-state index < -0.39 is 0 Å². The lowest BCUT2D eigenvalue weighted by Crippen LogP contribution is -2.35. The van der Waals surface area contributed by atoms with Gasteiger partial charge in [-0.2, -0.15) is 0 Å². The summed E-state index contributed by atoms with van der Waals surface area (Å²) in [6.45, 7) is 6.19. The van der Waals surface area contributed by atoms with Gasteiger partial charge in [-0.3, -0.25) is 9.59 Å². The van der Waals surface area contributed by atoms with E-state index in [1.807, 2.05) is 31.2 Å². The van der Waals surface area contributed by atoms with Gasteiger partial charge in [0, 0.05) is 43.9 Å². The van der Waals surface area contributed by atoms with Gasteiger partial charge in [0.1, 0.15) is 0 Å². The summed E-state index contributed by atoms with van der Waals surface area (Å²) in [5, 5.41) is 3.05. The summed E-state index contributed by atoms with van der Waals surface area (Å²) in [5.41, 5.74) is 2.94. The number of fused-ring (bicyclic) bond motifs is 1. The van der Waals surface area contributed by atoms with Crippen molar-refractivity contribution in [2.24, 2.45) is 5.92 Å². The molecular formula is C19H25N3O2. The predicted octanol–water partition coefficient (Wildman–Crippen LogP) is 2.78. The van der Waals surface area contributed by atoms with Crippen LogP contribution in [0, 0.1) is 5.92 Å². The Hall–Kier alpha value is -2.30. The molecule has 2 aliphatic rings. The maximum atomic E-state index is 12.5. The predicted molar refractivity (Wildman–Crippen MR) is 95.9 cm³/mol. The van der Waals surface area contributed by atoms with E-state index in [0.717, 1.165) is 55.8 Å². The largest absolute Gasteiger partial charge is 0.378 e. The highest BCUT2D eigenvalue weighted by Crippen LogP contribution is 2.31. The minimum Gasteiger partial charge on any atom is -0.378 e. The SMILES string of the molecule is C/C=C/N1CCC(C(=O)Nc2ccc3c(c2)CCN3C(C)=O)CC1. The van der Waals surface area contributed by atoms with Crippen LogP contribution in [0.3, 0.4) is 0 Å². The van der Waals surface area contributed by atoms with Crippen molar-refractivity contribution in [1.29, 1.82) is 0 Å². The third-order valence-corrected chi connectivity index (χ3v) is 4.88. The lowest BCUT2D eigenvalue weighted by molar-refractivity contribution is -0.121. The van der Waals surface area contributed by atoms with E-state index in [9.17, 15) is 9.59 Å². The summed E-state index contributed by atoms with van der Waals surface area (Å²) in [7, 11) is 0. The third kappa shape index (κ3) is 3.45. The quantitative estimate of drug-likeness (QED) is 0.929. The Morgan fingerprint density at radius 1 is 1.21 bits per heavy atom. The number of allylic oxidation sites excluding steroid dienone is 1. The van der Waals surface area contributed by atoms with E-state index >= 15 is 0 Å². The molecule has 0 unspecified atom stereocenters. The highest BCUT2D eigenvalue weighted by atomic mass is 16.2. The van der Waals surface area contributed by atoms with Crippen LogP contribution in [0.25, 0.3) is 0 Å². The molecule has 2 aliphatic heterocycles. The Labute approximate surface area is 143 Å². The van der Waals surface area contributed by atoms with Gasteiger partial charge in [-0.05, 0) is 56.1 Å². The lowest BCUT2D eigenvalue weighted by atomic mass is 9.96. The van der Waals surface area contributed by atoms with Gasteiger partial charge < -0.3 is 15.1 Å². The first kappa shape index (κ1) is 16.6. The average Bonchev–Trinajstić information content (AvgIpc) is 2.99. The zero-order valence-corrected chi connectivity index (χ0v) is 14.4. The second-order valence-corrected chi connectivity index (χ2v) is 6.55. The number of hydrogen-bond acceptors (Lipinski definition) is 3. The van der Waals surface area contributed by atoms with Gasteiger partial charge in [0.2, 0.25) is 11.8 Å². The molecule has 0 saturated carbocycles. The Balaban J connectivity index is 1.61. The smallest absolute Gasteiger partial charge is 0.227 e. The zero-order chi connectivity index (χ0) is 17.1. The molecule has 2 amide bonds. The summed E-state index contributed by atoms with van der Waals surface area (Å²) in [6.07, 6.45) is 6.75. The molecule has 1 fully saturated rings. The highest BCUT2D eigenvalue weighted by molar-refractivity contribution is 5.96. The van der Waals surface area contributed by atoms with Gasteiger partial charge in [-0.15, -0.1) is 0 Å². The molecule has 24 heavy (non-hydrogen) atoms. The molecule has 1 N–H and O–H groups in total. The van der Waals surface area contributed by atoms with Crippen molar-refractivity contribution in [3.8, 4) is 0 Å². The van der Waals surface area contributed by atoms with Crippen LogP contribution in [0.5, 0.6) is 0 Å². The normalized spacial score (nSPS) is 18.1. The first-order valence-electron chi connectivity index (χ1n) is 8.67. The van der Waals surface area contributed by atoms with E-state index in [-0.39, 0.29) is 17.7 Å². The van der Waals surface area contributed by atoms with Crippen molar-refractivity contribution in [1.82, 2.24) is 4.90 Å². The summed E-state index contributed by atoms with van der Waals surface area (Å²) >= 11 is 0. The van der Waals surface area contributed by atoms with Crippen LogP contribution in [0.2, 0.25) is 0 Å². The number of benzene rings is 1. The lowest BCUT2D eigenvalue weighted by Gasteiger charge is -2.30. The van der Waals surface area contributed by atoms with Gasteiger partial charge >= 0.3 is 0 Å². The maximum absolute atomic E-state index is 12.5. The molecule has 0 radical (unpaired) electrons. The Morgan fingerprint density at radius 2 is 1.96 bits per heavy atom. The Morgan fingerprint density at radius 3 is 2.62 bits per heavy atom. The first-order chi connectivity index (χ1) is 11.6. The van der Waals surface area contributed by atoms with E-state index in [1.165, 1.54) is 0 Å². The summed E-state index contributed by atoms with van der Waals surface area (Å²) in [6, 6.07) is 5.84. The van der Waals surface area contributed by atoms with Crippen LogP contribution in [0.15, 0.2) is 30.5 Å². The number of likely N-dealkylation sites (tertiary alicyclic amines) is 1. The van der Waals surface area contributed by atoms with E-state index in [4.69, 9.17) is 0 Å². The van der Waals surface area contributed by atoms with Crippen molar-refractivity contribution in [2.75, 3.05) is 29.9 Å². The number of piperidine rings is 1. The number of hydrogen-bond donors (Lipinski definition) is 1. The molecule has 1 aromatic rings.